The molecule has 0 aliphatic heterocycles. The molecule has 0 bridgehead atoms. The Balaban J connectivity index is 3.47. The van der Waals surface area contributed by atoms with Crippen LogP contribution in [0.2, 0.25) is 0 Å². The first-order valence-electron chi connectivity index (χ1n) is 24.6. The number of carbonyl (C=O) groups is 2. The van der Waals surface area contributed by atoms with Gasteiger partial charge in [-0.1, -0.05) is 214 Å². The van der Waals surface area contributed by atoms with Crippen LogP contribution < -0.4 is 0 Å². The summed E-state index contributed by atoms with van der Waals surface area (Å²) in [5.41, 5.74) is 0. The third-order valence-electron chi connectivity index (χ3n) is 10.4. The highest BCUT2D eigenvalue weighted by atomic mass is 16.6. The molecule has 0 radical (unpaired) electrons. The van der Waals surface area contributed by atoms with Gasteiger partial charge >= 0.3 is 11.9 Å². The third-order valence-corrected chi connectivity index (χ3v) is 10.4. The average Bonchev–Trinajstić information content (AvgIpc) is 3.24. The molecule has 0 heterocycles. The summed E-state index contributed by atoms with van der Waals surface area (Å²) in [7, 11) is 0. The highest BCUT2D eigenvalue weighted by Gasteiger charge is 2.16. The molecular weight excluding hydrogens is 729 g/mol. The van der Waals surface area contributed by atoms with Gasteiger partial charge in [0.15, 0.2) is 6.10 Å². The van der Waals surface area contributed by atoms with E-state index in [2.05, 4.69) is 98.9 Å². The summed E-state index contributed by atoms with van der Waals surface area (Å²) < 4.78 is 10.6. The molecule has 0 aromatic heterocycles. The van der Waals surface area contributed by atoms with Crippen molar-refractivity contribution < 1.29 is 24.2 Å². The van der Waals surface area contributed by atoms with Gasteiger partial charge in [-0.2, -0.15) is 0 Å². The van der Waals surface area contributed by atoms with E-state index in [4.69, 9.17) is 9.47 Å². The van der Waals surface area contributed by atoms with Gasteiger partial charge in [-0.25, -0.2) is 0 Å². The fourth-order valence-corrected chi connectivity index (χ4v) is 6.74. The van der Waals surface area contributed by atoms with E-state index < -0.39 is 6.10 Å². The van der Waals surface area contributed by atoms with Crippen LogP contribution in [0.5, 0.6) is 0 Å². The summed E-state index contributed by atoms with van der Waals surface area (Å²) in [6.45, 7) is 3.95. The van der Waals surface area contributed by atoms with Gasteiger partial charge in [0.25, 0.3) is 0 Å². The van der Waals surface area contributed by atoms with Crippen molar-refractivity contribution >= 4 is 11.9 Å². The van der Waals surface area contributed by atoms with Gasteiger partial charge in [0.05, 0.1) is 6.61 Å². The first-order chi connectivity index (χ1) is 29.1. The molecule has 0 rings (SSSR count). The van der Waals surface area contributed by atoms with Crippen molar-refractivity contribution in [3.05, 3.63) is 85.1 Å². The van der Waals surface area contributed by atoms with E-state index in [-0.39, 0.29) is 25.2 Å². The van der Waals surface area contributed by atoms with Crippen LogP contribution in [-0.4, -0.2) is 36.4 Å². The molecule has 0 saturated carbocycles. The smallest absolute Gasteiger partial charge is 0.306 e. The van der Waals surface area contributed by atoms with Gasteiger partial charge in [0.1, 0.15) is 6.61 Å². The second-order valence-electron chi connectivity index (χ2n) is 16.2. The van der Waals surface area contributed by atoms with Gasteiger partial charge in [-0.15, -0.1) is 0 Å². The molecule has 1 atom stereocenters. The first-order valence-corrected chi connectivity index (χ1v) is 24.6. The Kier molecular flexibility index (Phi) is 47.0. The maximum atomic E-state index is 12.2. The highest BCUT2D eigenvalue weighted by molar-refractivity contribution is 5.70. The second kappa shape index (κ2) is 49.4. The van der Waals surface area contributed by atoms with Crippen LogP contribution in [0.25, 0.3) is 0 Å². The minimum atomic E-state index is -0.776. The number of hydrogen-bond acceptors (Lipinski definition) is 5. The van der Waals surface area contributed by atoms with Crippen molar-refractivity contribution in [1.29, 1.82) is 0 Å². The molecular formula is C54H92O5. The molecule has 5 heteroatoms. The zero-order chi connectivity index (χ0) is 42.8. The molecule has 0 spiro atoms. The maximum absolute atomic E-state index is 12.2. The van der Waals surface area contributed by atoms with Crippen molar-refractivity contribution in [2.45, 2.75) is 232 Å². The van der Waals surface area contributed by atoms with Crippen molar-refractivity contribution in [1.82, 2.24) is 0 Å². The summed E-state index contributed by atoms with van der Waals surface area (Å²) in [6, 6.07) is 0. The molecule has 0 aliphatic carbocycles. The molecule has 59 heavy (non-hydrogen) atoms. The Morgan fingerprint density at radius 2 is 0.729 bits per heavy atom. The number of aliphatic hydroxyl groups is 1. The van der Waals surface area contributed by atoms with Crippen molar-refractivity contribution in [3.63, 3.8) is 0 Å². The van der Waals surface area contributed by atoms with Crippen LogP contribution in [0, 0.1) is 0 Å². The summed E-state index contributed by atoms with van der Waals surface area (Å²) >= 11 is 0. The molecule has 0 aliphatic rings. The Hall–Kier alpha value is -2.92. The average molecular weight is 821 g/mol. The molecule has 0 aromatic rings. The van der Waals surface area contributed by atoms with Crippen LogP contribution in [0.3, 0.4) is 0 Å². The van der Waals surface area contributed by atoms with E-state index >= 15 is 0 Å². The van der Waals surface area contributed by atoms with E-state index in [0.717, 1.165) is 89.9 Å². The monoisotopic (exact) mass is 821 g/mol. The number of carbonyl (C=O) groups excluding carboxylic acids is 2. The van der Waals surface area contributed by atoms with Crippen LogP contribution >= 0.6 is 0 Å². The third kappa shape index (κ3) is 47.6. The zero-order valence-electron chi connectivity index (χ0n) is 38.5. The SMILES string of the molecule is CC/C=C\C/C=C\C/C=C\C/C=C\C/C=C\C/C=C\CCCCCCCCCCCCCCCCCCC(=O)OC(CO)COC(=O)CCCCCCC/C=C\CCC. The summed E-state index contributed by atoms with van der Waals surface area (Å²) in [6.07, 6.45) is 68.4. The van der Waals surface area contributed by atoms with E-state index in [1.54, 1.807) is 0 Å². The lowest BCUT2D eigenvalue weighted by Crippen LogP contribution is -2.28. The van der Waals surface area contributed by atoms with Crippen LogP contribution in [0.15, 0.2) is 85.1 Å². The highest BCUT2D eigenvalue weighted by Crippen LogP contribution is 2.15. The van der Waals surface area contributed by atoms with E-state index in [1.165, 1.54) is 109 Å². The summed E-state index contributed by atoms with van der Waals surface area (Å²) in [5, 5.41) is 9.57. The molecule has 0 aromatic carbocycles. The number of allylic oxidation sites excluding steroid dienone is 14. The molecule has 0 fully saturated rings. The second-order valence-corrected chi connectivity index (χ2v) is 16.2. The Morgan fingerprint density at radius 1 is 0.407 bits per heavy atom. The molecule has 0 saturated heterocycles. The van der Waals surface area contributed by atoms with E-state index in [9.17, 15) is 14.7 Å². The zero-order valence-corrected chi connectivity index (χ0v) is 38.5. The molecule has 1 N–H and O–H groups in total. The van der Waals surface area contributed by atoms with Crippen LogP contribution in [0.1, 0.15) is 226 Å². The molecule has 1 unspecified atom stereocenters. The quantitative estimate of drug-likeness (QED) is 0.0376. The van der Waals surface area contributed by atoms with E-state index in [0.29, 0.717) is 12.8 Å². The van der Waals surface area contributed by atoms with Crippen LogP contribution in [0.4, 0.5) is 0 Å². The van der Waals surface area contributed by atoms with Gasteiger partial charge in [0.2, 0.25) is 0 Å². The fraction of sp³-hybridized carbons (Fsp3) is 0.704. The largest absolute Gasteiger partial charge is 0.462 e. The van der Waals surface area contributed by atoms with E-state index in [1.807, 2.05) is 0 Å². The lowest BCUT2D eigenvalue weighted by Gasteiger charge is -2.15. The van der Waals surface area contributed by atoms with Gasteiger partial charge in [0, 0.05) is 12.8 Å². The molecule has 5 nitrogen and oxygen atoms in total. The summed E-state index contributed by atoms with van der Waals surface area (Å²) in [5.74, 6) is -0.603. The normalized spacial score (nSPS) is 12.9. The number of ether oxygens (including phenoxy) is 2. The number of esters is 2. The predicted molar refractivity (Wildman–Crippen MR) is 256 cm³/mol. The number of rotatable bonds is 44. The maximum Gasteiger partial charge on any atom is 0.306 e. The Morgan fingerprint density at radius 3 is 1.12 bits per heavy atom. The number of unbranched alkanes of at least 4 members (excludes halogenated alkanes) is 22. The number of hydrogen-bond donors (Lipinski definition) is 1. The topological polar surface area (TPSA) is 72.8 Å². The van der Waals surface area contributed by atoms with Crippen molar-refractivity contribution in [2.24, 2.45) is 0 Å². The van der Waals surface area contributed by atoms with Gasteiger partial charge in [-0.3, -0.25) is 9.59 Å². The minimum Gasteiger partial charge on any atom is -0.462 e. The summed E-state index contributed by atoms with van der Waals surface area (Å²) in [4.78, 5) is 24.3. The molecule has 338 valence electrons. The predicted octanol–water partition coefficient (Wildman–Crippen LogP) is 16.2. The van der Waals surface area contributed by atoms with Gasteiger partial charge < -0.3 is 14.6 Å². The minimum absolute atomic E-state index is 0.0714. The standard InChI is InChI=1S/C54H92O5/c1-3-5-7-9-11-13-15-16-17-18-19-20-21-22-23-24-25-26-27-28-29-30-31-32-33-34-35-36-37-38-39-41-43-45-47-49-54(57)59-52(50-55)51-58-53(56)48-46-44-42-40-14-12-10-8-6-4-2/h5,7-8,10-11,13,16-17,19-20,22-23,25-26,52,55H,3-4,6,9,12,14-15,18,21,24,27-51H2,1-2H3/b7-5-,10-8-,13-11-,17-16-,20-19-,23-22-,26-25-. The molecule has 0 amide bonds. The van der Waals surface area contributed by atoms with Crippen molar-refractivity contribution in [2.75, 3.05) is 13.2 Å². The lowest BCUT2D eigenvalue weighted by molar-refractivity contribution is -0.161. The van der Waals surface area contributed by atoms with Gasteiger partial charge in [-0.05, 0) is 83.5 Å². The fourth-order valence-electron chi connectivity index (χ4n) is 6.74. The van der Waals surface area contributed by atoms with Crippen molar-refractivity contribution in [3.8, 4) is 0 Å². The number of aliphatic hydroxyl groups excluding tert-OH is 1. The Bertz CT molecular complexity index is 1110. The Labute approximate surface area is 365 Å². The lowest BCUT2D eigenvalue weighted by atomic mass is 10.0. The van der Waals surface area contributed by atoms with Crippen LogP contribution in [-0.2, 0) is 19.1 Å². The first kappa shape index (κ1) is 56.1.